The first-order chi connectivity index (χ1) is 17.8. The molecule has 3 aromatic heterocycles. The number of benzene rings is 1. The van der Waals surface area contributed by atoms with Gasteiger partial charge in [-0.1, -0.05) is 18.2 Å². The number of β-amino-alcohol motifs (C(OH)–C–C–N with tert-alkyl or cyclic N) is 1. The summed E-state index contributed by atoms with van der Waals surface area (Å²) in [6, 6.07) is 11.5. The van der Waals surface area contributed by atoms with Crippen LogP contribution in [0.5, 0.6) is 0 Å². The van der Waals surface area contributed by atoms with Gasteiger partial charge in [-0.2, -0.15) is 4.98 Å². The molecule has 1 aromatic carbocycles. The fourth-order valence-electron chi connectivity index (χ4n) is 4.64. The number of nitrogens with one attached hydrogen (secondary N) is 1. The zero-order valence-electron chi connectivity index (χ0n) is 21.1. The van der Waals surface area contributed by atoms with Gasteiger partial charge in [-0.15, -0.1) is 6.58 Å². The Kier molecular flexibility index (Phi) is 6.63. The maximum atomic E-state index is 13.2. The lowest BCUT2D eigenvalue weighted by Crippen LogP contribution is -2.32. The molecule has 0 saturated heterocycles. The summed E-state index contributed by atoms with van der Waals surface area (Å²) < 4.78 is 3.15. The first-order valence-electron chi connectivity index (χ1n) is 12.3. The Bertz CT molecular complexity index is 1520. The summed E-state index contributed by atoms with van der Waals surface area (Å²) in [4.78, 5) is 29.2. The van der Waals surface area contributed by atoms with Gasteiger partial charge >= 0.3 is 0 Å². The number of rotatable bonds is 8. The maximum absolute atomic E-state index is 13.2. The Morgan fingerprint density at radius 2 is 2.03 bits per heavy atom. The third-order valence-electron chi connectivity index (χ3n) is 6.53. The molecule has 0 spiro atoms. The van der Waals surface area contributed by atoms with Gasteiger partial charge < -0.3 is 15.5 Å². The third kappa shape index (κ3) is 4.91. The average molecular weight is 502 g/mol. The summed E-state index contributed by atoms with van der Waals surface area (Å²) >= 11 is 0. The minimum absolute atomic E-state index is 0.159. The Labute approximate surface area is 214 Å². The molecule has 192 valence electrons. The van der Waals surface area contributed by atoms with E-state index in [-0.39, 0.29) is 18.7 Å². The van der Waals surface area contributed by atoms with E-state index in [0.717, 1.165) is 25.2 Å². The van der Waals surface area contributed by atoms with Crippen molar-refractivity contribution in [2.24, 2.45) is 0 Å². The molecular formula is C27H31N7O3. The molecule has 0 saturated carbocycles. The summed E-state index contributed by atoms with van der Waals surface area (Å²) in [6.45, 7) is 9.92. The lowest BCUT2D eigenvalue weighted by Gasteiger charge is -2.28. The molecule has 0 radical (unpaired) electrons. The largest absolute Gasteiger partial charge is 0.395 e. The van der Waals surface area contributed by atoms with Crippen molar-refractivity contribution in [1.29, 1.82) is 0 Å². The second kappa shape index (κ2) is 9.89. The molecule has 37 heavy (non-hydrogen) atoms. The molecule has 5 rings (SSSR count). The Morgan fingerprint density at radius 3 is 2.78 bits per heavy atom. The zero-order valence-corrected chi connectivity index (χ0v) is 21.1. The van der Waals surface area contributed by atoms with E-state index in [9.17, 15) is 15.0 Å². The van der Waals surface area contributed by atoms with Gasteiger partial charge in [0.05, 0.1) is 18.8 Å². The normalized spacial score (nSPS) is 14.1. The number of nitrogens with zero attached hydrogens (tertiary/aromatic N) is 6. The van der Waals surface area contributed by atoms with Gasteiger partial charge in [0.2, 0.25) is 5.95 Å². The van der Waals surface area contributed by atoms with Crippen molar-refractivity contribution >= 4 is 22.7 Å². The molecule has 4 aromatic rings. The van der Waals surface area contributed by atoms with E-state index in [4.69, 9.17) is 4.98 Å². The molecule has 0 aliphatic carbocycles. The van der Waals surface area contributed by atoms with Crippen LogP contribution < -0.4 is 10.9 Å². The molecule has 4 heterocycles. The number of hydrogen-bond acceptors (Lipinski definition) is 8. The maximum Gasteiger partial charge on any atom is 0.278 e. The van der Waals surface area contributed by atoms with Crippen LogP contribution in [0.15, 0.2) is 60.0 Å². The lowest BCUT2D eigenvalue weighted by atomic mass is 9.99. The summed E-state index contributed by atoms with van der Waals surface area (Å²) in [5.41, 5.74) is 2.84. The van der Waals surface area contributed by atoms with Crippen LogP contribution in [0.25, 0.3) is 16.9 Å². The van der Waals surface area contributed by atoms with Crippen molar-refractivity contribution < 1.29 is 10.2 Å². The monoisotopic (exact) mass is 501 g/mol. The Hall–Kier alpha value is -3.86. The highest BCUT2D eigenvalue weighted by molar-refractivity contribution is 5.77. The fourth-order valence-corrected chi connectivity index (χ4v) is 4.64. The fraction of sp³-hybridized carbons (Fsp3) is 0.333. The molecule has 1 aliphatic rings. The number of hydrogen-bond donors (Lipinski definition) is 3. The summed E-state index contributed by atoms with van der Waals surface area (Å²) in [6.07, 6.45) is 4.06. The van der Waals surface area contributed by atoms with Gasteiger partial charge in [-0.3, -0.25) is 9.69 Å². The molecule has 3 N–H and O–H groups in total. The van der Waals surface area contributed by atoms with E-state index in [1.165, 1.54) is 22.0 Å². The van der Waals surface area contributed by atoms with Crippen LogP contribution in [0.3, 0.4) is 0 Å². The lowest BCUT2D eigenvalue weighted by molar-refractivity contribution is 0.0738. The zero-order chi connectivity index (χ0) is 26.2. The predicted molar refractivity (Wildman–Crippen MR) is 142 cm³/mol. The smallest absolute Gasteiger partial charge is 0.278 e. The molecule has 0 bridgehead atoms. The summed E-state index contributed by atoms with van der Waals surface area (Å²) in [5.74, 6) is 0.813. The van der Waals surface area contributed by atoms with Gasteiger partial charge in [0, 0.05) is 31.5 Å². The van der Waals surface area contributed by atoms with Crippen molar-refractivity contribution in [1.82, 2.24) is 29.2 Å². The van der Waals surface area contributed by atoms with Crippen molar-refractivity contribution in [3.63, 3.8) is 0 Å². The van der Waals surface area contributed by atoms with E-state index in [0.29, 0.717) is 35.0 Å². The van der Waals surface area contributed by atoms with Crippen LogP contribution in [0.1, 0.15) is 30.7 Å². The molecule has 10 heteroatoms. The first-order valence-corrected chi connectivity index (χ1v) is 12.3. The van der Waals surface area contributed by atoms with Gasteiger partial charge in [0.1, 0.15) is 11.0 Å². The molecule has 0 amide bonds. The van der Waals surface area contributed by atoms with Crippen LogP contribution in [-0.4, -0.2) is 59.1 Å². The van der Waals surface area contributed by atoms with Gasteiger partial charge in [-0.05, 0) is 55.7 Å². The molecule has 0 fully saturated rings. The molecular weight excluding hydrogens is 470 g/mol. The minimum atomic E-state index is -1.15. The highest BCUT2D eigenvalue weighted by Gasteiger charge is 2.22. The molecule has 10 nitrogen and oxygen atoms in total. The highest BCUT2D eigenvalue weighted by atomic mass is 16.3. The Balaban J connectivity index is 1.54. The Morgan fingerprint density at radius 1 is 1.19 bits per heavy atom. The van der Waals surface area contributed by atoms with E-state index in [2.05, 4.69) is 38.9 Å². The number of aromatic nitrogens is 5. The number of fused-ring (bicyclic) bond motifs is 2. The van der Waals surface area contributed by atoms with Crippen LogP contribution >= 0.6 is 0 Å². The molecule has 1 aliphatic heterocycles. The van der Waals surface area contributed by atoms with Gasteiger partial charge in [-0.25, -0.2) is 19.3 Å². The van der Waals surface area contributed by atoms with E-state index in [1.54, 1.807) is 42.8 Å². The van der Waals surface area contributed by atoms with Crippen molar-refractivity contribution in [3.8, 4) is 5.82 Å². The van der Waals surface area contributed by atoms with E-state index in [1.807, 2.05) is 6.07 Å². The molecule has 0 unspecified atom stereocenters. The second-order valence-corrected chi connectivity index (χ2v) is 9.72. The van der Waals surface area contributed by atoms with Crippen LogP contribution in [0.4, 0.5) is 11.6 Å². The quantitative estimate of drug-likeness (QED) is 0.315. The number of allylic oxidation sites excluding steroid dienone is 1. The minimum Gasteiger partial charge on any atom is -0.395 e. The van der Waals surface area contributed by atoms with Crippen molar-refractivity contribution in [2.75, 3.05) is 25.0 Å². The summed E-state index contributed by atoms with van der Waals surface area (Å²) in [7, 11) is 0. The van der Waals surface area contributed by atoms with Gasteiger partial charge in [0.15, 0.2) is 11.5 Å². The van der Waals surface area contributed by atoms with Crippen LogP contribution in [-0.2, 0) is 25.1 Å². The summed E-state index contributed by atoms with van der Waals surface area (Å²) in [5, 5.41) is 23.3. The van der Waals surface area contributed by atoms with Crippen LogP contribution in [0.2, 0.25) is 0 Å². The van der Waals surface area contributed by atoms with E-state index < -0.39 is 5.60 Å². The standard InChI is InChI=1S/C27H31N7O3/c1-4-11-33-25(36)21-16-28-26(29-20-9-8-19-17-32(13-14-35)12-10-18(19)15-20)31-24(21)34(33)23-7-5-6-22(30-23)27(2,3)37/h4-9,15-16,35,37H,1,10-14,17H2,2-3H3,(H,28,29,31). The number of pyridine rings is 1. The molecule has 0 atom stereocenters. The first kappa shape index (κ1) is 24.8. The average Bonchev–Trinajstić information content (AvgIpc) is 3.15. The van der Waals surface area contributed by atoms with Crippen LogP contribution in [0, 0.1) is 0 Å². The number of aliphatic hydroxyl groups is 2. The SMILES string of the molecule is C=CCn1c(=O)c2cnc(Nc3ccc4c(c3)CCN(CCO)C4)nc2n1-c1cccc(C(C)(C)O)n1. The highest BCUT2D eigenvalue weighted by Crippen LogP contribution is 2.25. The number of aliphatic hydroxyl groups excluding tert-OH is 1. The topological polar surface area (TPSA) is 121 Å². The van der Waals surface area contributed by atoms with Crippen molar-refractivity contribution in [3.05, 3.63) is 82.4 Å². The van der Waals surface area contributed by atoms with Gasteiger partial charge in [0.25, 0.3) is 5.56 Å². The predicted octanol–water partition coefficient (Wildman–Crippen LogP) is 2.48. The van der Waals surface area contributed by atoms with E-state index >= 15 is 0 Å². The second-order valence-electron chi connectivity index (χ2n) is 9.72. The number of anilines is 2. The van der Waals surface area contributed by atoms with Crippen molar-refractivity contribution in [2.45, 2.75) is 39.0 Å². The third-order valence-corrected chi connectivity index (χ3v) is 6.53.